The summed E-state index contributed by atoms with van der Waals surface area (Å²) in [5.74, 6) is -30.8. The molecule has 0 spiro atoms. The van der Waals surface area contributed by atoms with Gasteiger partial charge in [0.1, 0.15) is 34.2 Å². The van der Waals surface area contributed by atoms with E-state index in [1.807, 2.05) is 0 Å². The van der Waals surface area contributed by atoms with Crippen molar-refractivity contribution in [2.75, 3.05) is 5.32 Å². The summed E-state index contributed by atoms with van der Waals surface area (Å²) in [4.78, 5) is 11.9. The summed E-state index contributed by atoms with van der Waals surface area (Å²) >= 11 is 5.82. The van der Waals surface area contributed by atoms with Gasteiger partial charge in [0.2, 0.25) is 0 Å². The van der Waals surface area contributed by atoms with Gasteiger partial charge in [-0.1, -0.05) is 0 Å². The van der Waals surface area contributed by atoms with Crippen molar-refractivity contribution in [2.24, 2.45) is 9.98 Å². The van der Waals surface area contributed by atoms with Gasteiger partial charge in [0, 0.05) is 0 Å². The molecule has 3 aromatic heterocycles. The number of aromatic nitrogens is 3. The van der Waals surface area contributed by atoms with Crippen molar-refractivity contribution in [1.29, 1.82) is 0 Å². The summed E-state index contributed by atoms with van der Waals surface area (Å²) in [5, 5.41) is -5.20. The fraction of sp³-hybridized carbons (Fsp3) is 0. The van der Waals surface area contributed by atoms with Gasteiger partial charge in [-0.2, -0.15) is 11.5 Å². The van der Waals surface area contributed by atoms with E-state index in [-0.39, 0.29) is 0 Å². The van der Waals surface area contributed by atoms with E-state index in [0.717, 1.165) is 0 Å². The fourth-order valence-electron chi connectivity index (χ4n) is 5.06. The number of benzene rings is 3. The molecule has 3 aromatic carbocycles. The lowest BCUT2D eigenvalue weighted by atomic mass is 10.1. The third kappa shape index (κ3) is 3.32. The van der Waals surface area contributed by atoms with Crippen LogP contribution in [0.15, 0.2) is 9.98 Å². The van der Waals surface area contributed by atoms with Gasteiger partial charge in [-0.3, -0.25) is 0 Å². The number of hydrogen-bond donors (Lipinski definition) is 3. The third-order valence-corrected chi connectivity index (χ3v) is 7.14. The molecule has 223 valence electrons. The normalized spacial score (nSPS) is 12.8. The highest BCUT2D eigenvalue weighted by Gasteiger charge is 2.33. The van der Waals surface area contributed by atoms with Crippen LogP contribution in [0.3, 0.4) is 0 Å². The van der Waals surface area contributed by atoms with Crippen LogP contribution < -0.4 is 16.3 Å². The van der Waals surface area contributed by atoms with Crippen LogP contribution in [0, 0.1) is 69.8 Å². The Morgan fingerprint density at radius 2 is 0.727 bits per heavy atom. The van der Waals surface area contributed by atoms with Gasteiger partial charge >= 0.3 is 6.83 Å². The van der Waals surface area contributed by atoms with Crippen molar-refractivity contribution in [1.82, 2.24) is 14.4 Å². The highest BCUT2D eigenvalue weighted by atomic mass is 35.5. The molecule has 1 aliphatic rings. The molecule has 0 atom stereocenters. The minimum absolute atomic E-state index is 0.382. The number of H-pyrrole nitrogens is 2. The van der Waals surface area contributed by atoms with Crippen molar-refractivity contribution in [3.8, 4) is 0 Å². The van der Waals surface area contributed by atoms with Crippen molar-refractivity contribution in [3.63, 3.8) is 0 Å². The second kappa shape index (κ2) is 9.10. The average molecular weight is 650 g/mol. The Labute approximate surface area is 237 Å². The van der Waals surface area contributed by atoms with E-state index >= 15 is 26.3 Å². The Morgan fingerprint density at radius 1 is 0.432 bits per heavy atom. The number of nitrogens with zero attached hydrogens (tertiary/aromatic N) is 3. The van der Waals surface area contributed by atoms with E-state index in [1.165, 1.54) is 0 Å². The summed E-state index contributed by atoms with van der Waals surface area (Å²) in [5.41, 5.74) is -2.10. The molecule has 20 heteroatoms. The number of anilines is 2. The second-order valence-corrected chi connectivity index (χ2v) is 9.37. The molecule has 6 bridgehead atoms. The molecule has 0 saturated heterocycles. The van der Waals surface area contributed by atoms with Gasteiger partial charge in [0.15, 0.2) is 69.8 Å². The Balaban J connectivity index is 1.85. The van der Waals surface area contributed by atoms with Gasteiger partial charge in [-0.25, -0.2) is 62.7 Å². The molecule has 4 heterocycles. The van der Waals surface area contributed by atoms with Crippen LogP contribution in [0.5, 0.6) is 0 Å². The topological polar surface area (TPSA) is 73.3 Å². The molecule has 44 heavy (non-hydrogen) atoms. The first-order valence-electron chi connectivity index (χ1n) is 11.6. The molecule has 0 amide bonds. The van der Waals surface area contributed by atoms with Crippen LogP contribution in [-0.2, 0) is 0 Å². The fourth-order valence-corrected chi connectivity index (χ4v) is 5.25. The largest absolute Gasteiger partial charge is 0.378 e. The Bertz CT molecular complexity index is 2290. The summed E-state index contributed by atoms with van der Waals surface area (Å²) < 4.78 is 178. The Hall–Kier alpha value is -4.81. The maximum atomic E-state index is 15.2. The summed E-state index contributed by atoms with van der Waals surface area (Å²) in [7, 11) is 0. The van der Waals surface area contributed by atoms with Crippen LogP contribution in [0.2, 0.25) is 0 Å². The van der Waals surface area contributed by atoms with Crippen LogP contribution in [0.25, 0.3) is 32.3 Å². The highest BCUT2D eigenvalue weighted by molar-refractivity contribution is 6.92. The predicted octanol–water partition coefficient (Wildman–Crippen LogP) is 6.85. The van der Waals surface area contributed by atoms with Crippen LogP contribution >= 0.6 is 11.5 Å². The summed E-state index contributed by atoms with van der Waals surface area (Å²) in [6.07, 6.45) is 0. The van der Waals surface area contributed by atoms with Gasteiger partial charge in [0.25, 0.3) is 0 Å². The molecule has 7 rings (SSSR count). The average Bonchev–Trinajstić information content (AvgIpc) is 3.64. The standard InChI is InChI=1S/C24H3BClF12N6/c26-25-44-23-5-6(12(32)18(38)17(37)11(5)31)24(44)43-22-4-2(8(28)14(34)16(36)10(4)30)20(41-22)39-19-1-3(21(40-19)42-23)9(29)15(35)13(33)7(1)27/h39-41H. The quantitative estimate of drug-likeness (QED) is 0.0774. The van der Waals surface area contributed by atoms with E-state index in [0.29, 0.717) is 11.3 Å². The third-order valence-electron chi connectivity index (χ3n) is 6.95. The molecular formula is C24H3BClF12N6. The summed E-state index contributed by atoms with van der Waals surface area (Å²) in [6.45, 7) is 0.406. The van der Waals surface area contributed by atoms with Gasteiger partial charge in [0.05, 0.1) is 32.3 Å². The van der Waals surface area contributed by atoms with Crippen LogP contribution in [0.1, 0.15) is 0 Å². The minimum Gasteiger partial charge on any atom is -0.342 e. The predicted molar refractivity (Wildman–Crippen MR) is 130 cm³/mol. The molecule has 3 N–H and O–H groups in total. The van der Waals surface area contributed by atoms with Crippen molar-refractivity contribution in [2.45, 2.75) is 0 Å². The lowest BCUT2D eigenvalue weighted by Gasteiger charge is -2.07. The molecular weight excluding hydrogens is 647 g/mol. The SMILES string of the molecule is Fc1c(F)c(F)c2c3[nH]c(c2c1F)N=c1c2c(F)c(F)c(F)c(F)c2c(n1[B]Cl)=Nc1[nH]c(c2c(F)c(F)c(F)c(F)c12)N3. The minimum atomic E-state index is -2.39. The zero-order valence-corrected chi connectivity index (χ0v) is 21.1. The van der Waals surface area contributed by atoms with Crippen molar-refractivity contribution >= 4 is 73.9 Å². The first kappa shape index (κ1) is 28.0. The number of hydrogen-bond acceptors (Lipinski definition) is 3. The van der Waals surface area contributed by atoms with E-state index in [2.05, 4.69) is 25.3 Å². The number of aromatic amines is 2. The molecule has 6 aromatic rings. The molecule has 0 unspecified atom stereocenters. The van der Waals surface area contributed by atoms with E-state index in [4.69, 9.17) is 11.5 Å². The number of halogens is 13. The monoisotopic (exact) mass is 649 g/mol. The maximum Gasteiger partial charge on any atom is 0.378 e. The number of nitrogens with one attached hydrogen (secondary N) is 3. The first-order chi connectivity index (χ1) is 20.8. The lowest BCUT2D eigenvalue weighted by molar-refractivity contribution is 0.418. The zero-order chi connectivity index (χ0) is 31.7. The van der Waals surface area contributed by atoms with Crippen molar-refractivity contribution in [3.05, 3.63) is 80.8 Å². The molecule has 1 aliphatic heterocycles. The van der Waals surface area contributed by atoms with Gasteiger partial charge < -0.3 is 19.8 Å². The smallest absolute Gasteiger partial charge is 0.342 e. The molecule has 1 radical (unpaired) electrons. The zero-order valence-electron chi connectivity index (χ0n) is 20.3. The second-order valence-electron chi connectivity index (χ2n) is 9.18. The van der Waals surface area contributed by atoms with E-state index < -0.39 is 136 Å². The van der Waals surface area contributed by atoms with Crippen LogP contribution in [-0.4, -0.2) is 21.3 Å². The van der Waals surface area contributed by atoms with Gasteiger partial charge in [-0.05, 0) is 0 Å². The molecule has 0 aliphatic carbocycles. The van der Waals surface area contributed by atoms with E-state index in [1.54, 1.807) is 0 Å². The number of fused-ring (bicyclic) bond motifs is 15. The Morgan fingerprint density at radius 3 is 1.05 bits per heavy atom. The summed E-state index contributed by atoms with van der Waals surface area (Å²) in [6, 6.07) is 0. The van der Waals surface area contributed by atoms with Gasteiger partial charge in [-0.15, -0.1) is 0 Å². The first-order valence-corrected chi connectivity index (χ1v) is 12.0. The number of rotatable bonds is 1. The van der Waals surface area contributed by atoms with Crippen LogP contribution in [0.4, 0.5) is 76.0 Å². The molecule has 0 saturated carbocycles. The lowest BCUT2D eigenvalue weighted by Crippen LogP contribution is -2.29. The van der Waals surface area contributed by atoms with Crippen molar-refractivity contribution < 1.29 is 52.7 Å². The Kier molecular flexibility index (Phi) is 5.79. The molecule has 0 fully saturated rings. The molecule has 6 nitrogen and oxygen atoms in total. The maximum absolute atomic E-state index is 15.2. The highest BCUT2D eigenvalue weighted by Crippen LogP contribution is 2.43. The van der Waals surface area contributed by atoms with E-state index in [9.17, 15) is 26.3 Å².